The number of nitrogens with zero attached hydrogens (tertiary/aromatic N) is 2. The number of hydrogen-bond acceptors (Lipinski definition) is 4. The fraction of sp³-hybridized carbons (Fsp3) is 0.812. The van der Waals surface area contributed by atoms with Crippen LogP contribution >= 0.6 is 11.3 Å². The van der Waals surface area contributed by atoms with Crippen LogP contribution in [0.25, 0.3) is 0 Å². The third-order valence-corrected chi connectivity index (χ3v) is 6.30. The number of hydrogen-bond donors (Lipinski definition) is 1. The molecule has 112 valence electrons. The molecule has 3 rings (SSSR count). The Kier molecular flexibility index (Phi) is 4.04. The van der Waals surface area contributed by atoms with E-state index in [1.807, 2.05) is 0 Å². The lowest BCUT2D eigenvalue weighted by Crippen LogP contribution is -2.28. The van der Waals surface area contributed by atoms with Gasteiger partial charge in [0.2, 0.25) is 0 Å². The summed E-state index contributed by atoms with van der Waals surface area (Å²) < 4.78 is 0. The number of aliphatic hydroxyl groups is 1. The second-order valence-corrected chi connectivity index (χ2v) is 8.00. The maximum absolute atomic E-state index is 9.48. The predicted octanol–water partition coefficient (Wildman–Crippen LogP) is 3.63. The number of fused-ring (bicyclic) bond motifs is 2. The Morgan fingerprint density at radius 3 is 2.65 bits per heavy atom. The van der Waals surface area contributed by atoms with E-state index in [4.69, 9.17) is 4.98 Å². The van der Waals surface area contributed by atoms with Crippen molar-refractivity contribution in [1.29, 1.82) is 0 Å². The average Bonchev–Trinajstić information content (AvgIpc) is 3.12. The molecule has 2 bridgehead atoms. The van der Waals surface area contributed by atoms with Gasteiger partial charge < -0.3 is 10.0 Å². The molecule has 0 saturated heterocycles. The number of aliphatic hydroxyl groups excluding tert-OH is 1. The Balaban J connectivity index is 1.69. The van der Waals surface area contributed by atoms with Gasteiger partial charge in [-0.15, -0.1) is 0 Å². The van der Waals surface area contributed by atoms with Gasteiger partial charge in [0, 0.05) is 13.6 Å². The fourth-order valence-electron chi connectivity index (χ4n) is 4.11. The van der Waals surface area contributed by atoms with E-state index in [9.17, 15) is 5.11 Å². The normalized spacial score (nSPS) is 28.6. The van der Waals surface area contributed by atoms with Gasteiger partial charge in [0.15, 0.2) is 5.13 Å². The highest BCUT2D eigenvalue weighted by Crippen LogP contribution is 2.48. The molecule has 2 aliphatic carbocycles. The third kappa shape index (κ3) is 2.60. The first-order chi connectivity index (χ1) is 9.58. The van der Waals surface area contributed by atoms with Crippen LogP contribution in [0.2, 0.25) is 0 Å². The van der Waals surface area contributed by atoms with Gasteiger partial charge in [-0.2, -0.15) is 0 Å². The van der Waals surface area contributed by atoms with Crippen LogP contribution in [0.15, 0.2) is 0 Å². The number of aromatic nitrogens is 1. The lowest BCUT2D eigenvalue weighted by molar-refractivity contribution is 0.283. The molecule has 3 unspecified atom stereocenters. The van der Waals surface area contributed by atoms with Crippen molar-refractivity contribution in [3.63, 3.8) is 0 Å². The van der Waals surface area contributed by atoms with Gasteiger partial charge in [-0.1, -0.05) is 31.6 Å². The van der Waals surface area contributed by atoms with Gasteiger partial charge in [0.25, 0.3) is 0 Å². The van der Waals surface area contributed by atoms with Crippen LogP contribution in [-0.2, 0) is 6.61 Å². The van der Waals surface area contributed by atoms with Gasteiger partial charge in [0.1, 0.15) is 0 Å². The van der Waals surface area contributed by atoms with Crippen molar-refractivity contribution in [3.8, 4) is 0 Å². The third-order valence-electron chi connectivity index (χ3n) is 5.13. The SMILES string of the molecule is CC(C)c1nc(N(C)CC2CC3CCC2C3)sc1CO. The summed E-state index contributed by atoms with van der Waals surface area (Å²) in [6.07, 6.45) is 5.80. The van der Waals surface area contributed by atoms with Gasteiger partial charge in [0.05, 0.1) is 17.2 Å². The second-order valence-electron chi connectivity index (χ2n) is 6.93. The van der Waals surface area contributed by atoms with Crippen LogP contribution in [0.5, 0.6) is 0 Å². The molecule has 2 fully saturated rings. The Morgan fingerprint density at radius 2 is 2.15 bits per heavy atom. The maximum atomic E-state index is 9.48. The second kappa shape index (κ2) is 5.64. The van der Waals surface area contributed by atoms with Crippen LogP contribution in [0.4, 0.5) is 5.13 Å². The molecule has 2 aliphatic rings. The molecule has 0 spiro atoms. The van der Waals surface area contributed by atoms with E-state index < -0.39 is 0 Å². The summed E-state index contributed by atoms with van der Waals surface area (Å²) >= 11 is 1.66. The van der Waals surface area contributed by atoms with E-state index in [-0.39, 0.29) is 6.61 Å². The molecular weight excluding hydrogens is 268 g/mol. The van der Waals surface area contributed by atoms with Crippen molar-refractivity contribution in [2.45, 2.75) is 52.1 Å². The van der Waals surface area contributed by atoms with E-state index >= 15 is 0 Å². The number of thiazole rings is 1. The summed E-state index contributed by atoms with van der Waals surface area (Å²) in [5.41, 5.74) is 1.08. The molecule has 1 N–H and O–H groups in total. The van der Waals surface area contributed by atoms with Gasteiger partial charge >= 0.3 is 0 Å². The van der Waals surface area contributed by atoms with Crippen molar-refractivity contribution in [1.82, 2.24) is 4.98 Å². The molecule has 0 aliphatic heterocycles. The quantitative estimate of drug-likeness (QED) is 0.901. The molecule has 0 amide bonds. The van der Waals surface area contributed by atoms with E-state index in [1.54, 1.807) is 11.3 Å². The number of rotatable bonds is 5. The maximum Gasteiger partial charge on any atom is 0.185 e. The van der Waals surface area contributed by atoms with Crippen LogP contribution in [0, 0.1) is 17.8 Å². The number of anilines is 1. The summed E-state index contributed by atoms with van der Waals surface area (Å²) in [4.78, 5) is 8.13. The van der Waals surface area contributed by atoms with Crippen LogP contribution < -0.4 is 4.90 Å². The zero-order chi connectivity index (χ0) is 14.3. The monoisotopic (exact) mass is 294 g/mol. The topological polar surface area (TPSA) is 36.4 Å². The Morgan fingerprint density at radius 1 is 1.35 bits per heavy atom. The van der Waals surface area contributed by atoms with E-state index in [0.717, 1.165) is 40.0 Å². The Labute approximate surface area is 126 Å². The summed E-state index contributed by atoms with van der Waals surface area (Å²) in [5.74, 6) is 3.22. The molecule has 1 aromatic heterocycles. The molecule has 0 radical (unpaired) electrons. The highest BCUT2D eigenvalue weighted by Gasteiger charge is 2.39. The molecule has 20 heavy (non-hydrogen) atoms. The largest absolute Gasteiger partial charge is 0.391 e. The van der Waals surface area contributed by atoms with Crippen molar-refractivity contribution in [2.24, 2.45) is 17.8 Å². The highest BCUT2D eigenvalue weighted by atomic mass is 32.1. The predicted molar refractivity (Wildman–Crippen MR) is 84.3 cm³/mol. The summed E-state index contributed by atoms with van der Waals surface area (Å²) in [5, 5.41) is 10.6. The first kappa shape index (κ1) is 14.3. The molecule has 1 aromatic rings. The van der Waals surface area contributed by atoms with Crippen LogP contribution in [0.1, 0.15) is 56.0 Å². The standard InChI is InChI=1S/C16H26N2OS/c1-10(2)15-14(9-19)20-16(17-15)18(3)8-13-7-11-4-5-12(13)6-11/h10-13,19H,4-9H2,1-3H3. The van der Waals surface area contributed by atoms with Crippen molar-refractivity contribution < 1.29 is 5.11 Å². The first-order valence-electron chi connectivity index (χ1n) is 7.90. The van der Waals surface area contributed by atoms with Crippen molar-refractivity contribution >= 4 is 16.5 Å². The van der Waals surface area contributed by atoms with Gasteiger partial charge in [-0.3, -0.25) is 0 Å². The smallest absolute Gasteiger partial charge is 0.185 e. The summed E-state index contributed by atoms with van der Waals surface area (Å²) in [6, 6.07) is 0. The summed E-state index contributed by atoms with van der Waals surface area (Å²) in [6.45, 7) is 5.55. The minimum absolute atomic E-state index is 0.118. The van der Waals surface area contributed by atoms with E-state index in [1.165, 1.54) is 25.7 Å². The molecule has 3 nitrogen and oxygen atoms in total. The van der Waals surface area contributed by atoms with Crippen molar-refractivity contribution in [3.05, 3.63) is 10.6 Å². The summed E-state index contributed by atoms with van der Waals surface area (Å²) in [7, 11) is 2.16. The molecule has 3 atom stereocenters. The molecular formula is C16H26N2OS. The molecule has 4 heteroatoms. The molecule has 0 aromatic carbocycles. The minimum Gasteiger partial charge on any atom is -0.391 e. The Bertz CT molecular complexity index is 471. The van der Waals surface area contributed by atoms with Crippen LogP contribution in [-0.4, -0.2) is 23.7 Å². The Hall–Kier alpha value is -0.610. The highest BCUT2D eigenvalue weighted by molar-refractivity contribution is 7.15. The van der Waals surface area contributed by atoms with Gasteiger partial charge in [-0.25, -0.2) is 4.98 Å². The zero-order valence-electron chi connectivity index (χ0n) is 12.8. The van der Waals surface area contributed by atoms with Crippen molar-refractivity contribution in [2.75, 3.05) is 18.5 Å². The molecule has 2 saturated carbocycles. The lowest BCUT2D eigenvalue weighted by atomic mass is 9.88. The lowest BCUT2D eigenvalue weighted by Gasteiger charge is -2.26. The molecule has 1 heterocycles. The minimum atomic E-state index is 0.118. The van der Waals surface area contributed by atoms with Crippen LogP contribution in [0.3, 0.4) is 0 Å². The van der Waals surface area contributed by atoms with E-state index in [2.05, 4.69) is 25.8 Å². The fourth-order valence-corrected chi connectivity index (χ4v) is 5.15. The zero-order valence-corrected chi connectivity index (χ0v) is 13.6. The first-order valence-corrected chi connectivity index (χ1v) is 8.71. The van der Waals surface area contributed by atoms with Gasteiger partial charge in [-0.05, 0) is 42.9 Å². The van der Waals surface area contributed by atoms with E-state index in [0.29, 0.717) is 5.92 Å². The average molecular weight is 294 g/mol.